The summed E-state index contributed by atoms with van der Waals surface area (Å²) >= 11 is 0. The second kappa shape index (κ2) is 9.32. The predicted molar refractivity (Wildman–Crippen MR) is 167 cm³/mol. The van der Waals surface area contributed by atoms with Gasteiger partial charge in [-0.15, -0.1) is 0 Å². The van der Waals surface area contributed by atoms with Crippen molar-refractivity contribution >= 4 is 21.9 Å². The molecule has 42 heavy (non-hydrogen) atoms. The molecule has 0 radical (unpaired) electrons. The highest BCUT2D eigenvalue weighted by Gasteiger charge is 2.37. The van der Waals surface area contributed by atoms with Crippen LogP contribution in [-0.4, -0.2) is 14.5 Å². The van der Waals surface area contributed by atoms with Crippen molar-refractivity contribution < 1.29 is 9.47 Å². The Morgan fingerprint density at radius 2 is 1.50 bits per heavy atom. The average Bonchev–Trinajstić information content (AvgIpc) is 3.36. The Balaban J connectivity index is 1.27. The minimum Gasteiger partial charge on any atom is -0.457 e. The molecule has 0 unspecified atom stereocenters. The molecule has 7 aromatic rings. The van der Waals surface area contributed by atoms with Crippen LogP contribution in [0.15, 0.2) is 128 Å². The molecule has 1 aliphatic rings. The van der Waals surface area contributed by atoms with Crippen molar-refractivity contribution in [2.24, 2.45) is 0 Å². The largest absolute Gasteiger partial charge is 0.457 e. The molecule has 0 atom stereocenters. The van der Waals surface area contributed by atoms with Gasteiger partial charge in [0.1, 0.15) is 22.9 Å². The average molecular weight is 546 g/mol. The first kappa shape index (κ1) is 24.4. The number of nitrogens with zero attached hydrogens (tertiary/aromatic N) is 3. The molecule has 0 N–H and O–H groups in total. The normalized spacial score (nSPS) is 13.4. The molecule has 3 aromatic heterocycles. The van der Waals surface area contributed by atoms with Crippen molar-refractivity contribution in [2.45, 2.75) is 19.3 Å². The van der Waals surface area contributed by atoms with Gasteiger partial charge in [-0.1, -0.05) is 74.5 Å². The molecular weight excluding hydrogens is 518 g/mol. The highest BCUT2D eigenvalue weighted by molar-refractivity contribution is 6.11. The number of rotatable bonds is 4. The third-order valence-electron chi connectivity index (χ3n) is 8.16. The first-order chi connectivity index (χ1) is 20.6. The lowest BCUT2D eigenvalue weighted by atomic mass is 9.74. The Labute approximate surface area is 243 Å². The molecule has 1 aliphatic heterocycles. The molecule has 0 spiro atoms. The molecule has 0 saturated carbocycles. The molecule has 4 heterocycles. The van der Waals surface area contributed by atoms with Crippen molar-refractivity contribution in [3.8, 4) is 39.9 Å². The van der Waals surface area contributed by atoms with Crippen LogP contribution in [0, 0.1) is 0 Å². The number of para-hydroxylation sites is 2. The van der Waals surface area contributed by atoms with Gasteiger partial charge in [0.05, 0.1) is 23.1 Å². The standard InChI is InChI=1S/C37H27N3O2/c1-37(2)29-16-4-6-19-32(29)42-33-23-39-36-34(35(33)37)28-15-3-5-18-31(28)40(36)25-12-10-14-27(22-25)41-26-13-9-11-24(21-26)30-17-7-8-20-38-30/h3-23H,1-2H3. The maximum atomic E-state index is 6.42. The van der Waals surface area contributed by atoms with Crippen LogP contribution in [0.2, 0.25) is 0 Å². The van der Waals surface area contributed by atoms with Gasteiger partial charge in [0.15, 0.2) is 5.75 Å². The summed E-state index contributed by atoms with van der Waals surface area (Å²) in [5, 5.41) is 2.25. The number of aromatic nitrogens is 3. The van der Waals surface area contributed by atoms with E-state index in [0.29, 0.717) is 0 Å². The summed E-state index contributed by atoms with van der Waals surface area (Å²) < 4.78 is 15.0. The van der Waals surface area contributed by atoms with Gasteiger partial charge in [-0.3, -0.25) is 9.55 Å². The summed E-state index contributed by atoms with van der Waals surface area (Å²) in [5.41, 5.74) is 6.91. The molecule has 0 bridgehead atoms. The molecular formula is C37H27N3O2. The summed E-state index contributed by atoms with van der Waals surface area (Å²) in [6, 6.07) is 38.9. The van der Waals surface area contributed by atoms with Crippen LogP contribution in [0.3, 0.4) is 0 Å². The number of hydrogen-bond acceptors (Lipinski definition) is 4. The third kappa shape index (κ3) is 3.78. The van der Waals surface area contributed by atoms with Crippen LogP contribution in [0.1, 0.15) is 25.0 Å². The SMILES string of the molecule is CC1(C)c2ccccc2Oc2cnc3c(c21)c1ccccc1n3-c1cccc(Oc2cccc(-c3ccccn3)c2)c1. The summed E-state index contributed by atoms with van der Waals surface area (Å²) in [6.45, 7) is 4.54. The summed E-state index contributed by atoms with van der Waals surface area (Å²) in [4.78, 5) is 9.48. The van der Waals surface area contributed by atoms with Crippen LogP contribution >= 0.6 is 0 Å². The fourth-order valence-electron chi connectivity index (χ4n) is 6.26. The first-order valence-electron chi connectivity index (χ1n) is 14.1. The Hall–Kier alpha value is -5.42. The number of fused-ring (bicyclic) bond motifs is 6. The van der Waals surface area contributed by atoms with Gasteiger partial charge in [-0.2, -0.15) is 0 Å². The van der Waals surface area contributed by atoms with E-state index in [1.165, 1.54) is 5.56 Å². The van der Waals surface area contributed by atoms with Crippen LogP contribution in [0.4, 0.5) is 0 Å². The molecule has 4 aromatic carbocycles. The van der Waals surface area contributed by atoms with E-state index in [0.717, 1.165) is 67.4 Å². The van der Waals surface area contributed by atoms with Crippen molar-refractivity contribution in [1.82, 2.24) is 14.5 Å². The predicted octanol–water partition coefficient (Wildman–Crippen LogP) is 9.46. The first-order valence-corrected chi connectivity index (χ1v) is 14.1. The molecule has 202 valence electrons. The van der Waals surface area contributed by atoms with Gasteiger partial charge >= 0.3 is 0 Å². The smallest absolute Gasteiger partial charge is 0.150 e. The van der Waals surface area contributed by atoms with E-state index in [2.05, 4.69) is 71.9 Å². The van der Waals surface area contributed by atoms with Gasteiger partial charge in [-0.25, -0.2) is 4.98 Å². The Kier molecular flexibility index (Phi) is 5.41. The Bertz CT molecular complexity index is 2130. The number of pyridine rings is 2. The number of ether oxygens (including phenoxy) is 2. The van der Waals surface area contributed by atoms with Crippen molar-refractivity contribution in [3.63, 3.8) is 0 Å². The molecule has 5 nitrogen and oxygen atoms in total. The van der Waals surface area contributed by atoms with Crippen LogP contribution in [0.25, 0.3) is 38.9 Å². The van der Waals surface area contributed by atoms with E-state index in [9.17, 15) is 0 Å². The molecule has 0 saturated heterocycles. The van der Waals surface area contributed by atoms with E-state index in [1.54, 1.807) is 6.20 Å². The van der Waals surface area contributed by atoms with E-state index in [-0.39, 0.29) is 5.41 Å². The highest BCUT2D eigenvalue weighted by atomic mass is 16.5. The van der Waals surface area contributed by atoms with Crippen LogP contribution < -0.4 is 9.47 Å². The minimum absolute atomic E-state index is 0.274. The fraction of sp³-hybridized carbons (Fsp3) is 0.0811. The zero-order chi connectivity index (χ0) is 28.3. The van der Waals surface area contributed by atoms with Crippen LogP contribution in [-0.2, 0) is 5.41 Å². The third-order valence-corrected chi connectivity index (χ3v) is 8.16. The van der Waals surface area contributed by atoms with E-state index in [1.807, 2.05) is 72.9 Å². The van der Waals surface area contributed by atoms with Crippen molar-refractivity contribution in [2.75, 3.05) is 0 Å². The van der Waals surface area contributed by atoms with E-state index >= 15 is 0 Å². The molecule has 5 heteroatoms. The van der Waals surface area contributed by atoms with E-state index in [4.69, 9.17) is 14.5 Å². The second-order valence-electron chi connectivity index (χ2n) is 11.1. The van der Waals surface area contributed by atoms with Gasteiger partial charge in [0.2, 0.25) is 0 Å². The summed E-state index contributed by atoms with van der Waals surface area (Å²) in [7, 11) is 0. The number of hydrogen-bond donors (Lipinski definition) is 0. The molecule has 8 rings (SSSR count). The highest BCUT2D eigenvalue weighted by Crippen LogP contribution is 2.51. The van der Waals surface area contributed by atoms with Crippen molar-refractivity contribution in [1.29, 1.82) is 0 Å². The van der Waals surface area contributed by atoms with E-state index < -0.39 is 0 Å². The monoisotopic (exact) mass is 545 g/mol. The summed E-state index contributed by atoms with van der Waals surface area (Å²) in [6.07, 6.45) is 3.67. The fourth-order valence-corrected chi connectivity index (χ4v) is 6.26. The van der Waals surface area contributed by atoms with Gasteiger partial charge in [0, 0.05) is 45.1 Å². The minimum atomic E-state index is -0.274. The second-order valence-corrected chi connectivity index (χ2v) is 11.1. The topological polar surface area (TPSA) is 49.2 Å². The zero-order valence-corrected chi connectivity index (χ0v) is 23.3. The Morgan fingerprint density at radius 1 is 0.714 bits per heavy atom. The molecule has 0 fully saturated rings. The lowest BCUT2D eigenvalue weighted by molar-refractivity contribution is 0.419. The van der Waals surface area contributed by atoms with Gasteiger partial charge in [-0.05, 0) is 48.5 Å². The summed E-state index contributed by atoms with van der Waals surface area (Å²) in [5.74, 6) is 3.19. The zero-order valence-electron chi connectivity index (χ0n) is 23.3. The maximum Gasteiger partial charge on any atom is 0.150 e. The van der Waals surface area contributed by atoms with Crippen molar-refractivity contribution in [3.05, 3.63) is 139 Å². The quantitative estimate of drug-likeness (QED) is 0.221. The van der Waals surface area contributed by atoms with Crippen LogP contribution in [0.5, 0.6) is 23.0 Å². The molecule has 0 amide bonds. The van der Waals surface area contributed by atoms with Gasteiger partial charge < -0.3 is 9.47 Å². The lowest BCUT2D eigenvalue weighted by Gasteiger charge is -2.34. The maximum absolute atomic E-state index is 6.42. The number of benzene rings is 4. The molecule has 0 aliphatic carbocycles. The lowest BCUT2D eigenvalue weighted by Crippen LogP contribution is -2.24. The Morgan fingerprint density at radius 3 is 2.38 bits per heavy atom. The van der Waals surface area contributed by atoms with Gasteiger partial charge in [0.25, 0.3) is 0 Å².